The number of allylic oxidation sites excluding steroid dienone is 9. The lowest BCUT2D eigenvalue weighted by Crippen LogP contribution is -2.61. The fourth-order valence-electron chi connectivity index (χ4n) is 8.91. The third-order valence-electron chi connectivity index (χ3n) is 13.7. The number of esters is 1. The van der Waals surface area contributed by atoms with Crippen molar-refractivity contribution in [2.75, 3.05) is 13.2 Å². The van der Waals surface area contributed by atoms with Gasteiger partial charge in [0.05, 0.1) is 25.4 Å². The molecule has 11 heteroatoms. The van der Waals surface area contributed by atoms with Gasteiger partial charge >= 0.3 is 5.97 Å². The molecule has 0 bridgehead atoms. The molecule has 418 valence electrons. The molecule has 1 saturated heterocycles. The molecule has 0 aromatic heterocycles. The number of rotatable bonds is 49. The van der Waals surface area contributed by atoms with Gasteiger partial charge in [0.2, 0.25) is 5.91 Å². The van der Waals surface area contributed by atoms with Crippen LogP contribution < -0.4 is 5.32 Å². The predicted octanol–water partition coefficient (Wildman–Crippen LogP) is 13.4. The lowest BCUT2D eigenvalue weighted by molar-refractivity contribution is -0.305. The van der Waals surface area contributed by atoms with Crippen molar-refractivity contribution in [2.45, 2.75) is 301 Å². The van der Waals surface area contributed by atoms with Crippen LogP contribution in [0.3, 0.4) is 0 Å². The second kappa shape index (κ2) is 49.2. The highest BCUT2D eigenvalue weighted by molar-refractivity contribution is 5.80. The van der Waals surface area contributed by atoms with Crippen molar-refractivity contribution < 1.29 is 49.3 Å². The van der Waals surface area contributed by atoms with E-state index < -0.39 is 67.4 Å². The molecule has 0 aliphatic carbocycles. The number of carbonyl (C=O) groups is 2. The molecule has 72 heavy (non-hydrogen) atoms. The highest BCUT2D eigenvalue weighted by Gasteiger charge is 2.47. The molecule has 8 atom stereocenters. The number of nitrogens with one attached hydrogen (secondary N) is 1. The molecular formula is C61H109NO10. The van der Waals surface area contributed by atoms with Crippen LogP contribution in [0.4, 0.5) is 0 Å². The quantitative estimate of drug-likeness (QED) is 0.0195. The molecule has 1 heterocycles. The summed E-state index contributed by atoms with van der Waals surface area (Å²) in [5, 5.41) is 56.8. The molecule has 6 N–H and O–H groups in total. The largest absolute Gasteiger partial charge is 0.454 e. The summed E-state index contributed by atoms with van der Waals surface area (Å²) in [5.74, 6) is -1.27. The molecule has 0 spiro atoms. The molecule has 1 rings (SSSR count). The summed E-state index contributed by atoms with van der Waals surface area (Å²) in [5.41, 5.74) is 0. The molecule has 8 unspecified atom stereocenters. The minimum absolute atomic E-state index is 0.0164. The van der Waals surface area contributed by atoms with E-state index in [1.165, 1.54) is 141 Å². The monoisotopic (exact) mass is 1020 g/mol. The second-order valence-electron chi connectivity index (χ2n) is 20.4. The van der Waals surface area contributed by atoms with Crippen molar-refractivity contribution in [3.8, 4) is 0 Å². The number of ether oxygens (including phenoxy) is 3. The van der Waals surface area contributed by atoms with E-state index in [1.54, 1.807) is 6.08 Å². The minimum Gasteiger partial charge on any atom is -0.454 e. The van der Waals surface area contributed by atoms with Gasteiger partial charge in [-0.25, -0.2) is 0 Å². The molecule has 1 aliphatic rings. The Balaban J connectivity index is 2.74. The van der Waals surface area contributed by atoms with Gasteiger partial charge in [-0.15, -0.1) is 0 Å². The van der Waals surface area contributed by atoms with Crippen LogP contribution in [0.5, 0.6) is 0 Å². The standard InChI is InChI=1S/C61H109NO10/c1-4-7-10-13-16-19-22-25-26-27-28-29-31-33-36-39-42-45-48-54(65)60(69)62-52(53(64)47-44-41-38-35-32-24-21-18-15-12-9-6-3)51-70-61-59(58(68)57(67)55(50-63)71-61)72-56(66)49-46-43-40-37-34-30-23-20-17-14-11-8-5-2/h16,19,25-26,30,34,40,43-44,47,52-55,57-59,61,63-65,67-68H,4-15,17-18,20-24,27-29,31-33,35-39,41-42,45-46,48-51H2,1-3H3,(H,62,69)/b19-16-,26-25-,34-30-,43-40+,47-44+. The van der Waals surface area contributed by atoms with Crippen molar-refractivity contribution in [3.05, 3.63) is 60.8 Å². The normalized spacial score (nSPS) is 19.9. The van der Waals surface area contributed by atoms with Crippen LogP contribution >= 0.6 is 0 Å². The Morgan fingerprint density at radius 1 is 0.542 bits per heavy atom. The fraction of sp³-hybridized carbons (Fsp3) is 0.803. The molecule has 1 amide bonds. The first-order chi connectivity index (χ1) is 35.2. The van der Waals surface area contributed by atoms with Gasteiger partial charge in [0.1, 0.15) is 24.4 Å². The van der Waals surface area contributed by atoms with Gasteiger partial charge in [0.15, 0.2) is 12.4 Å². The Morgan fingerprint density at radius 2 is 0.958 bits per heavy atom. The Labute approximate surface area is 439 Å². The Morgan fingerprint density at radius 3 is 1.44 bits per heavy atom. The summed E-state index contributed by atoms with van der Waals surface area (Å²) in [4.78, 5) is 26.4. The summed E-state index contributed by atoms with van der Waals surface area (Å²) >= 11 is 0. The Kier molecular flexibility index (Phi) is 46.1. The Bertz CT molecular complexity index is 1400. The van der Waals surface area contributed by atoms with Crippen molar-refractivity contribution >= 4 is 11.9 Å². The summed E-state index contributed by atoms with van der Waals surface area (Å²) in [6.07, 6.45) is 49.9. The van der Waals surface area contributed by atoms with E-state index in [2.05, 4.69) is 62.5 Å². The van der Waals surface area contributed by atoms with Crippen molar-refractivity contribution in [1.29, 1.82) is 0 Å². The maximum absolute atomic E-state index is 13.4. The molecule has 1 aliphatic heterocycles. The first-order valence-electron chi connectivity index (χ1n) is 29.6. The fourth-order valence-corrected chi connectivity index (χ4v) is 8.91. The third-order valence-corrected chi connectivity index (χ3v) is 13.7. The zero-order valence-electron chi connectivity index (χ0n) is 46.0. The lowest BCUT2D eigenvalue weighted by Gasteiger charge is -2.41. The van der Waals surface area contributed by atoms with E-state index >= 15 is 0 Å². The van der Waals surface area contributed by atoms with Gasteiger partial charge in [-0.3, -0.25) is 9.59 Å². The number of unbranched alkanes of at least 4 members (excludes halogenated alkanes) is 27. The van der Waals surface area contributed by atoms with E-state index in [0.717, 1.165) is 64.2 Å². The second-order valence-corrected chi connectivity index (χ2v) is 20.4. The van der Waals surface area contributed by atoms with Gasteiger partial charge in [-0.2, -0.15) is 0 Å². The van der Waals surface area contributed by atoms with Gasteiger partial charge in [-0.05, 0) is 77.0 Å². The first-order valence-corrected chi connectivity index (χ1v) is 29.6. The van der Waals surface area contributed by atoms with Crippen LogP contribution in [0.15, 0.2) is 60.8 Å². The lowest BCUT2D eigenvalue weighted by atomic mass is 9.99. The number of amides is 1. The van der Waals surface area contributed by atoms with Crippen molar-refractivity contribution in [1.82, 2.24) is 5.32 Å². The third kappa shape index (κ3) is 37.1. The highest BCUT2D eigenvalue weighted by atomic mass is 16.7. The first kappa shape index (κ1) is 67.4. The van der Waals surface area contributed by atoms with Crippen LogP contribution in [-0.4, -0.2) is 99.6 Å². The average molecular weight is 1020 g/mol. The van der Waals surface area contributed by atoms with Crippen LogP contribution in [-0.2, 0) is 23.8 Å². The molecule has 1 fully saturated rings. The van der Waals surface area contributed by atoms with Crippen LogP contribution in [0.1, 0.15) is 252 Å². The average Bonchev–Trinajstić information content (AvgIpc) is 3.38. The molecule has 11 nitrogen and oxygen atoms in total. The predicted molar refractivity (Wildman–Crippen MR) is 296 cm³/mol. The van der Waals surface area contributed by atoms with Crippen molar-refractivity contribution in [3.63, 3.8) is 0 Å². The zero-order chi connectivity index (χ0) is 52.5. The van der Waals surface area contributed by atoms with Crippen LogP contribution in [0.25, 0.3) is 0 Å². The molecule has 0 radical (unpaired) electrons. The number of carbonyl (C=O) groups excluding carboxylic acids is 2. The number of aliphatic hydroxyl groups excluding tert-OH is 5. The van der Waals surface area contributed by atoms with Gasteiger partial charge in [-0.1, -0.05) is 229 Å². The van der Waals surface area contributed by atoms with E-state index in [-0.39, 0.29) is 19.4 Å². The van der Waals surface area contributed by atoms with E-state index in [1.807, 2.05) is 18.2 Å². The minimum atomic E-state index is -1.64. The number of aliphatic hydroxyl groups is 5. The van der Waals surface area contributed by atoms with E-state index in [0.29, 0.717) is 12.8 Å². The van der Waals surface area contributed by atoms with Gasteiger partial charge in [0.25, 0.3) is 0 Å². The molecular weight excluding hydrogens is 907 g/mol. The zero-order valence-corrected chi connectivity index (χ0v) is 46.0. The smallest absolute Gasteiger partial charge is 0.306 e. The van der Waals surface area contributed by atoms with Crippen LogP contribution in [0.2, 0.25) is 0 Å². The van der Waals surface area contributed by atoms with Gasteiger partial charge in [0, 0.05) is 6.42 Å². The summed E-state index contributed by atoms with van der Waals surface area (Å²) in [6.45, 7) is 5.71. The van der Waals surface area contributed by atoms with Gasteiger partial charge < -0.3 is 45.1 Å². The summed E-state index contributed by atoms with van der Waals surface area (Å²) < 4.78 is 17.5. The number of hydrogen-bond donors (Lipinski definition) is 6. The van der Waals surface area contributed by atoms with E-state index in [9.17, 15) is 35.1 Å². The van der Waals surface area contributed by atoms with Crippen molar-refractivity contribution in [2.24, 2.45) is 0 Å². The topological polar surface area (TPSA) is 175 Å². The highest BCUT2D eigenvalue weighted by Crippen LogP contribution is 2.26. The summed E-state index contributed by atoms with van der Waals surface area (Å²) in [6, 6.07) is -1.04. The van der Waals surface area contributed by atoms with Crippen LogP contribution in [0, 0.1) is 0 Å². The molecule has 0 saturated carbocycles. The molecule has 0 aromatic carbocycles. The molecule has 0 aromatic rings. The Hall–Kier alpha value is -2.64. The maximum Gasteiger partial charge on any atom is 0.306 e. The summed E-state index contributed by atoms with van der Waals surface area (Å²) in [7, 11) is 0. The maximum atomic E-state index is 13.4. The number of hydrogen-bond acceptors (Lipinski definition) is 10. The SMILES string of the molecule is CCCCC/C=C\C/C=C\CCCCCCCCCCC(O)C(=O)NC(COC1OC(CO)C(O)C(O)C1OC(=O)CC/C=C/C/C=C\CCCCCCCC)C(O)/C=C/CCCCCCCCCCCC. The van der Waals surface area contributed by atoms with E-state index in [4.69, 9.17) is 14.2 Å².